The molecule has 0 aliphatic heterocycles. The number of benzene rings is 1. The van der Waals surface area contributed by atoms with E-state index in [1.165, 1.54) is 35.8 Å². The molecule has 0 aromatic heterocycles. The van der Waals surface area contributed by atoms with Crippen LogP contribution in [-0.4, -0.2) is 25.3 Å². The second kappa shape index (κ2) is 7.41. The maximum Gasteiger partial charge on any atom is 0.334 e. The van der Waals surface area contributed by atoms with Crippen molar-refractivity contribution < 1.29 is 37.5 Å². The van der Waals surface area contributed by atoms with E-state index in [9.17, 15) is 13.2 Å². The molecule has 7 heteroatoms. The maximum absolute atomic E-state index is 16.9. The maximum atomic E-state index is 16.9. The molecular formula is C18H24FNO4S. The number of alkyl halides is 1. The lowest BCUT2D eigenvalue weighted by molar-refractivity contribution is -0.156. The molecule has 1 aromatic rings. The van der Waals surface area contributed by atoms with Crippen LogP contribution in [0.4, 0.5) is 4.39 Å². The predicted octanol–water partition coefficient (Wildman–Crippen LogP) is 3.38. The highest BCUT2D eigenvalue weighted by Gasteiger charge is 2.54. The summed E-state index contributed by atoms with van der Waals surface area (Å²) in [5.74, 6) is -7.69. The largest absolute Gasteiger partial charge is 0.334 e. The molecule has 1 unspecified atom stereocenters. The molecule has 0 spiro atoms. The van der Waals surface area contributed by atoms with Crippen molar-refractivity contribution in [3.05, 3.63) is 35.9 Å². The summed E-state index contributed by atoms with van der Waals surface area (Å²) in [5, 5.41) is -4.91. The lowest BCUT2D eigenvalue weighted by Gasteiger charge is -2.34. The van der Waals surface area contributed by atoms with Gasteiger partial charge in [-0.3, -0.25) is 4.79 Å². The van der Waals surface area contributed by atoms with E-state index < -0.39 is 70.4 Å². The third-order valence-electron chi connectivity index (χ3n) is 3.66. The van der Waals surface area contributed by atoms with E-state index in [-0.39, 0.29) is 5.56 Å². The summed E-state index contributed by atoms with van der Waals surface area (Å²) in [4.78, 5) is 17.0. The van der Waals surface area contributed by atoms with E-state index in [1.54, 1.807) is 0 Å². The van der Waals surface area contributed by atoms with Gasteiger partial charge in [0.25, 0.3) is 5.91 Å². The van der Waals surface area contributed by atoms with Crippen LogP contribution >= 0.6 is 0 Å². The number of halogens is 1. The monoisotopic (exact) mass is 380 g/mol. The average molecular weight is 381 g/mol. The molecule has 0 saturated heterocycles. The van der Waals surface area contributed by atoms with Crippen molar-refractivity contribution in [3.63, 3.8) is 0 Å². The lowest BCUT2D eigenvalue weighted by atomic mass is 9.89. The predicted molar refractivity (Wildman–Crippen MR) is 91.9 cm³/mol. The number of rotatable bonds is 7. The highest BCUT2D eigenvalue weighted by atomic mass is 32.2. The summed E-state index contributed by atoms with van der Waals surface area (Å²) in [6.07, 6.45) is -20.5. The van der Waals surface area contributed by atoms with Crippen LogP contribution in [0.5, 0.6) is 0 Å². The molecule has 1 aromatic carbocycles. The molecular weight excluding hydrogens is 345 g/mol. The third-order valence-corrected chi connectivity index (χ3v) is 5.66. The van der Waals surface area contributed by atoms with Gasteiger partial charge in [0.2, 0.25) is 9.84 Å². The van der Waals surface area contributed by atoms with Gasteiger partial charge in [0.1, 0.15) is 0 Å². The number of amides is 1. The van der Waals surface area contributed by atoms with Crippen molar-refractivity contribution in [2.45, 2.75) is 49.9 Å². The Labute approximate surface area is 163 Å². The average Bonchev–Trinajstić information content (AvgIpc) is 3.58. The van der Waals surface area contributed by atoms with Crippen molar-refractivity contribution in [1.29, 1.82) is 0 Å². The summed E-state index contributed by atoms with van der Waals surface area (Å²) < 4.78 is 133. The summed E-state index contributed by atoms with van der Waals surface area (Å²) in [6.45, 7) is 0. The Balaban J connectivity index is 2.26. The van der Waals surface area contributed by atoms with Crippen LogP contribution in [0.1, 0.15) is 70.1 Å². The Kier molecular flexibility index (Phi) is 2.65. The summed E-state index contributed by atoms with van der Waals surface area (Å²) in [5.41, 5.74) is 1.23. The summed E-state index contributed by atoms with van der Waals surface area (Å²) in [6, 6.07) is 6.70. The first-order chi connectivity index (χ1) is 16.1. The molecule has 0 heterocycles. The molecule has 138 valence electrons. The van der Waals surface area contributed by atoms with Gasteiger partial charge in [-0.2, -0.15) is 4.39 Å². The molecule has 2 saturated carbocycles. The fourth-order valence-electron chi connectivity index (χ4n) is 2.13. The van der Waals surface area contributed by atoms with Crippen LogP contribution in [0.15, 0.2) is 30.3 Å². The highest BCUT2D eigenvalue weighted by molar-refractivity contribution is 7.92. The van der Waals surface area contributed by atoms with Gasteiger partial charge in [-0.05, 0) is 43.6 Å². The number of nitrogens with one attached hydrogen (secondary N) is 1. The van der Waals surface area contributed by atoms with E-state index in [2.05, 4.69) is 4.84 Å². The van der Waals surface area contributed by atoms with Crippen LogP contribution in [0.3, 0.4) is 0 Å². The van der Waals surface area contributed by atoms with Crippen molar-refractivity contribution in [2.75, 3.05) is 5.75 Å². The number of sulfone groups is 1. The Morgan fingerprint density at radius 1 is 1.28 bits per heavy atom. The van der Waals surface area contributed by atoms with Gasteiger partial charge in [-0.15, -0.1) is 0 Å². The van der Waals surface area contributed by atoms with Crippen LogP contribution in [-0.2, 0) is 14.7 Å². The number of carbonyl (C=O) groups excluding carboxylic acids is 1. The number of hydroxylamine groups is 1. The molecule has 3 rings (SSSR count). The number of carbonyl (C=O) groups is 1. The highest BCUT2D eigenvalue weighted by Crippen LogP contribution is 2.42. The molecule has 2 fully saturated rings. The first-order valence-corrected chi connectivity index (χ1v) is 9.17. The minimum Gasteiger partial charge on any atom is -0.267 e. The smallest absolute Gasteiger partial charge is 0.267 e. The fraction of sp³-hybridized carbons (Fsp3) is 0.611. The molecule has 2 aliphatic rings. The molecule has 5 nitrogen and oxygen atoms in total. The van der Waals surface area contributed by atoms with Crippen molar-refractivity contribution in [1.82, 2.24) is 5.48 Å². The van der Waals surface area contributed by atoms with E-state index in [0.717, 1.165) is 0 Å². The van der Waals surface area contributed by atoms with Crippen LogP contribution in [0.25, 0.3) is 0 Å². The Hall–Kier alpha value is -1.47. The van der Waals surface area contributed by atoms with Gasteiger partial charge in [-0.1, -0.05) is 37.3 Å². The van der Waals surface area contributed by atoms with E-state index in [4.69, 9.17) is 15.1 Å². The summed E-state index contributed by atoms with van der Waals surface area (Å²) in [7, 11) is -5.60. The van der Waals surface area contributed by atoms with Gasteiger partial charge in [0, 0.05) is 26.5 Å². The van der Waals surface area contributed by atoms with Gasteiger partial charge < -0.3 is 0 Å². The zero-order valence-corrected chi connectivity index (χ0v) is 13.8. The Morgan fingerprint density at radius 2 is 1.92 bits per heavy atom. The van der Waals surface area contributed by atoms with Crippen LogP contribution in [0, 0.1) is 11.8 Å². The van der Waals surface area contributed by atoms with Gasteiger partial charge in [0.05, 0.1) is 5.75 Å². The SMILES string of the molecule is [2H]C1([2H])C([2H])([2H])C([2H])([2H])C([2H])(C(F)(ONC(=O)c2ccccc2)S(=O)(=O)CC2CC2)C([2H])([2H])C1([2H])[2H]. The minimum absolute atomic E-state index is 0.199. The normalized spacial score (nSPS) is 39.3. The lowest BCUT2D eigenvalue weighted by Crippen LogP contribution is -2.50. The Bertz CT molecular complexity index is 1110. The fourth-order valence-corrected chi connectivity index (χ4v) is 3.88. The molecule has 0 radical (unpaired) electrons. The second-order valence-corrected chi connectivity index (χ2v) is 7.75. The second-order valence-electron chi connectivity index (χ2n) is 5.66. The topological polar surface area (TPSA) is 72.5 Å². The molecule has 25 heavy (non-hydrogen) atoms. The first-order valence-electron chi connectivity index (χ1n) is 13.0. The number of hydrogen-bond acceptors (Lipinski definition) is 4. The molecule has 0 bridgehead atoms. The van der Waals surface area contributed by atoms with Gasteiger partial charge in [-0.25, -0.2) is 18.7 Å². The van der Waals surface area contributed by atoms with Crippen molar-refractivity contribution in [2.24, 2.45) is 11.8 Å². The number of hydrogen-bond donors (Lipinski definition) is 1. The van der Waals surface area contributed by atoms with Gasteiger partial charge >= 0.3 is 5.19 Å². The Morgan fingerprint density at radius 3 is 2.52 bits per heavy atom. The zero-order valence-electron chi connectivity index (χ0n) is 24.0. The first kappa shape index (κ1) is 8.95. The van der Waals surface area contributed by atoms with Crippen LogP contribution in [0.2, 0.25) is 0 Å². The van der Waals surface area contributed by atoms with E-state index >= 15 is 4.39 Å². The molecule has 1 N–H and O–H groups in total. The third kappa shape index (κ3) is 4.20. The van der Waals surface area contributed by atoms with Gasteiger partial charge in [0.15, 0.2) is 0 Å². The molecule has 1 atom stereocenters. The van der Waals surface area contributed by atoms with Crippen molar-refractivity contribution in [3.8, 4) is 0 Å². The van der Waals surface area contributed by atoms with E-state index in [1.807, 2.05) is 0 Å². The molecule has 2 aliphatic carbocycles. The van der Waals surface area contributed by atoms with Crippen LogP contribution < -0.4 is 5.48 Å². The molecule has 1 amide bonds. The minimum atomic E-state index is -5.60. The van der Waals surface area contributed by atoms with E-state index in [0.29, 0.717) is 12.8 Å². The standard InChI is InChI=1S/C18H24FNO4S/c19-18(16-9-5-2-6-10-16,25(22,23)13-14-11-12-14)24-20-17(21)15-7-3-1-4-8-15/h1,3-4,7-8,14,16H,2,5-6,9-13H2,(H,20,21)/i2D2,5D2,6D2,9D2,10D2,16D. The van der Waals surface area contributed by atoms with Crippen molar-refractivity contribution >= 4 is 15.7 Å². The summed E-state index contributed by atoms with van der Waals surface area (Å²) >= 11 is 0. The zero-order chi connectivity index (χ0) is 27.8. The quantitative estimate of drug-likeness (QED) is 0.736.